The fourth-order valence-electron chi connectivity index (χ4n) is 3.57. The molecule has 0 saturated carbocycles. The van der Waals surface area contributed by atoms with E-state index in [1.807, 2.05) is 51.1 Å². The molecule has 4 aromatic rings. The number of hydrogen-bond donors (Lipinski definition) is 1. The molecule has 0 bridgehead atoms. The topological polar surface area (TPSA) is 133 Å². The van der Waals surface area contributed by atoms with E-state index in [9.17, 15) is 9.59 Å². The van der Waals surface area contributed by atoms with Gasteiger partial charge in [-0.05, 0) is 42.3 Å². The van der Waals surface area contributed by atoms with Crippen molar-refractivity contribution in [1.29, 1.82) is 0 Å². The Morgan fingerprint density at radius 3 is 2.66 bits per heavy atom. The Morgan fingerprint density at radius 1 is 1.19 bits per heavy atom. The van der Waals surface area contributed by atoms with Crippen LogP contribution in [-0.4, -0.2) is 43.0 Å². The maximum Gasteiger partial charge on any atom is 0.251 e. The minimum atomic E-state index is -0.874. The smallest absolute Gasteiger partial charge is 0.251 e. The molecule has 1 atom stereocenters. The van der Waals surface area contributed by atoms with Gasteiger partial charge in [-0.15, -0.1) is 10.2 Å². The van der Waals surface area contributed by atoms with Crippen LogP contribution in [0.25, 0.3) is 22.5 Å². The number of amides is 2. The van der Waals surface area contributed by atoms with Crippen molar-refractivity contribution in [3.63, 3.8) is 0 Å². The van der Waals surface area contributed by atoms with E-state index in [4.69, 9.17) is 10.2 Å². The quantitative estimate of drug-likeness (QED) is 0.473. The molecule has 4 rings (SSSR count). The zero-order valence-electron chi connectivity index (χ0n) is 18.0. The number of hydrogen-bond acceptors (Lipinski definition) is 7. The second-order valence-corrected chi connectivity index (χ2v) is 7.79. The minimum absolute atomic E-state index is 0.228. The van der Waals surface area contributed by atoms with Gasteiger partial charge in [0, 0.05) is 5.39 Å². The van der Waals surface area contributed by atoms with Crippen LogP contribution in [0.3, 0.4) is 0 Å². The van der Waals surface area contributed by atoms with Gasteiger partial charge in [0.1, 0.15) is 18.3 Å². The largest absolute Gasteiger partial charge is 0.458 e. The number of carbonyl (C=O) groups excluding carboxylic acids is 2. The summed E-state index contributed by atoms with van der Waals surface area (Å²) < 4.78 is 5.50. The molecular formula is C22H23N7O3. The molecule has 0 aliphatic carbocycles. The lowest BCUT2D eigenvalue weighted by atomic mass is 10.0. The van der Waals surface area contributed by atoms with Crippen molar-refractivity contribution in [3.05, 3.63) is 54.4 Å². The first-order chi connectivity index (χ1) is 15.3. The Morgan fingerprint density at radius 2 is 1.97 bits per heavy atom. The van der Waals surface area contributed by atoms with Crippen LogP contribution in [0.5, 0.6) is 0 Å². The lowest BCUT2D eigenvalue weighted by Gasteiger charge is -2.32. The molecule has 32 heavy (non-hydrogen) atoms. The van der Waals surface area contributed by atoms with Gasteiger partial charge in [-0.1, -0.05) is 32.0 Å². The van der Waals surface area contributed by atoms with Crippen LogP contribution in [0, 0.1) is 12.8 Å². The minimum Gasteiger partial charge on any atom is -0.458 e. The summed E-state index contributed by atoms with van der Waals surface area (Å²) in [4.78, 5) is 32.7. The highest BCUT2D eigenvalue weighted by Crippen LogP contribution is 2.25. The Labute approximate surface area is 184 Å². The predicted octanol–water partition coefficient (Wildman–Crippen LogP) is 2.33. The summed E-state index contributed by atoms with van der Waals surface area (Å²) in [5.41, 5.74) is 6.93. The molecular weight excluding hydrogens is 410 g/mol. The third-order valence-corrected chi connectivity index (χ3v) is 5.01. The number of pyridine rings is 1. The molecule has 164 valence electrons. The summed E-state index contributed by atoms with van der Waals surface area (Å²) in [6.07, 6.45) is 1.56. The molecule has 2 amide bonds. The second kappa shape index (κ2) is 8.58. The van der Waals surface area contributed by atoms with E-state index in [1.54, 1.807) is 18.3 Å². The van der Waals surface area contributed by atoms with E-state index in [-0.39, 0.29) is 18.3 Å². The second-order valence-electron chi connectivity index (χ2n) is 7.79. The van der Waals surface area contributed by atoms with E-state index in [0.29, 0.717) is 17.2 Å². The number of furan rings is 1. The van der Waals surface area contributed by atoms with Gasteiger partial charge in [-0.25, -0.2) is 0 Å². The summed E-state index contributed by atoms with van der Waals surface area (Å²) in [6.45, 7) is 5.23. The Hall–Kier alpha value is -4.08. The van der Waals surface area contributed by atoms with Crippen molar-refractivity contribution < 1.29 is 14.0 Å². The standard InChI is InChI=1S/C22H23N7O3/c1-13(2)20(21(23)31)29(16-10-15-6-4-5-7-17(15)24-11-16)19(30)12-28-26-22(25-27-28)18-9-8-14(3)32-18/h4-11,13,20H,12H2,1-3H3,(H2,23,31). The highest BCUT2D eigenvalue weighted by molar-refractivity contribution is 6.01. The van der Waals surface area contributed by atoms with Crippen molar-refractivity contribution in [3.8, 4) is 11.6 Å². The van der Waals surface area contributed by atoms with Crippen molar-refractivity contribution in [2.45, 2.75) is 33.4 Å². The average molecular weight is 433 g/mol. The third-order valence-electron chi connectivity index (χ3n) is 5.01. The lowest BCUT2D eigenvalue weighted by molar-refractivity contribution is -0.126. The maximum atomic E-state index is 13.4. The van der Waals surface area contributed by atoms with Crippen LogP contribution in [0.4, 0.5) is 5.69 Å². The van der Waals surface area contributed by atoms with Gasteiger partial charge in [0.05, 0.1) is 17.4 Å². The molecule has 3 aromatic heterocycles. The number of benzene rings is 1. The number of nitrogens with zero attached hydrogens (tertiary/aromatic N) is 6. The molecule has 0 aliphatic heterocycles. The number of aryl methyl sites for hydroxylation is 1. The predicted molar refractivity (Wildman–Crippen MR) is 117 cm³/mol. The summed E-state index contributed by atoms with van der Waals surface area (Å²) in [5.74, 6) is 0.171. The molecule has 0 spiro atoms. The number of anilines is 1. The molecule has 0 radical (unpaired) electrons. The molecule has 3 heterocycles. The van der Waals surface area contributed by atoms with E-state index in [1.165, 1.54) is 4.90 Å². The van der Waals surface area contributed by atoms with E-state index in [0.717, 1.165) is 15.7 Å². The summed E-state index contributed by atoms with van der Waals surface area (Å²) in [6, 6.07) is 12.0. The molecule has 1 aromatic carbocycles. The number of para-hydroxylation sites is 1. The van der Waals surface area contributed by atoms with Crippen LogP contribution in [0.15, 0.2) is 53.1 Å². The fourth-order valence-corrected chi connectivity index (χ4v) is 3.57. The number of nitrogens with two attached hydrogens (primary N) is 1. The number of primary amides is 1. The number of carbonyl (C=O) groups is 2. The number of aromatic nitrogens is 5. The zero-order chi connectivity index (χ0) is 22.8. The number of fused-ring (bicyclic) bond motifs is 1. The monoisotopic (exact) mass is 433 g/mol. The summed E-state index contributed by atoms with van der Waals surface area (Å²) >= 11 is 0. The van der Waals surface area contributed by atoms with Crippen LogP contribution in [-0.2, 0) is 16.1 Å². The lowest BCUT2D eigenvalue weighted by Crippen LogP contribution is -2.52. The Balaban J connectivity index is 1.68. The summed E-state index contributed by atoms with van der Waals surface area (Å²) in [7, 11) is 0. The molecule has 0 aliphatic rings. The van der Waals surface area contributed by atoms with Crippen LogP contribution in [0.1, 0.15) is 19.6 Å². The molecule has 0 saturated heterocycles. The molecule has 10 heteroatoms. The van der Waals surface area contributed by atoms with Crippen molar-refractivity contribution in [2.24, 2.45) is 11.7 Å². The fraction of sp³-hybridized carbons (Fsp3) is 0.273. The maximum absolute atomic E-state index is 13.4. The van der Waals surface area contributed by atoms with Gasteiger partial charge < -0.3 is 10.2 Å². The Bertz CT molecular complexity index is 1280. The first-order valence-corrected chi connectivity index (χ1v) is 10.1. The molecule has 1 unspecified atom stereocenters. The van der Waals surface area contributed by atoms with E-state index >= 15 is 0 Å². The van der Waals surface area contributed by atoms with Gasteiger partial charge in [0.2, 0.25) is 11.7 Å². The van der Waals surface area contributed by atoms with Gasteiger partial charge in [0.15, 0.2) is 5.76 Å². The molecule has 2 N–H and O–H groups in total. The first-order valence-electron chi connectivity index (χ1n) is 10.1. The molecule has 0 fully saturated rings. The van der Waals surface area contributed by atoms with Gasteiger partial charge >= 0.3 is 0 Å². The highest BCUT2D eigenvalue weighted by Gasteiger charge is 2.33. The van der Waals surface area contributed by atoms with E-state index < -0.39 is 17.9 Å². The van der Waals surface area contributed by atoms with E-state index in [2.05, 4.69) is 20.4 Å². The highest BCUT2D eigenvalue weighted by atomic mass is 16.3. The number of rotatable bonds is 7. The van der Waals surface area contributed by atoms with Crippen LogP contribution >= 0.6 is 0 Å². The van der Waals surface area contributed by atoms with Crippen molar-refractivity contribution in [2.75, 3.05) is 4.90 Å². The SMILES string of the molecule is Cc1ccc(-c2nnn(CC(=O)N(c3cnc4ccccc4c3)C(C(N)=O)C(C)C)n2)o1. The first kappa shape index (κ1) is 21.2. The Kier molecular flexibility index (Phi) is 5.67. The van der Waals surface area contributed by atoms with Crippen molar-refractivity contribution >= 4 is 28.4 Å². The van der Waals surface area contributed by atoms with Crippen LogP contribution < -0.4 is 10.6 Å². The zero-order valence-corrected chi connectivity index (χ0v) is 18.0. The van der Waals surface area contributed by atoms with Crippen LogP contribution in [0.2, 0.25) is 0 Å². The third kappa shape index (κ3) is 4.20. The van der Waals surface area contributed by atoms with Gasteiger partial charge in [-0.2, -0.15) is 4.80 Å². The number of tetrazole rings is 1. The summed E-state index contributed by atoms with van der Waals surface area (Å²) in [5, 5.41) is 13.0. The van der Waals surface area contributed by atoms with Gasteiger partial charge in [0.25, 0.3) is 5.91 Å². The normalized spacial score (nSPS) is 12.2. The van der Waals surface area contributed by atoms with Crippen molar-refractivity contribution in [1.82, 2.24) is 25.2 Å². The molecule has 10 nitrogen and oxygen atoms in total. The average Bonchev–Trinajstić information content (AvgIpc) is 3.39. The van der Waals surface area contributed by atoms with Gasteiger partial charge in [-0.3, -0.25) is 19.5 Å².